The summed E-state index contributed by atoms with van der Waals surface area (Å²) in [5.74, 6) is 0. The lowest BCUT2D eigenvalue weighted by Crippen LogP contribution is -1.90. The van der Waals surface area contributed by atoms with Crippen LogP contribution in [-0.4, -0.2) is 9.97 Å². The monoisotopic (exact) mass is 824 g/mol. The average molecular weight is 825 g/mol. The van der Waals surface area contributed by atoms with Crippen molar-refractivity contribution in [2.45, 2.75) is 0 Å². The maximum atomic E-state index is 4.79. The molecule has 0 fully saturated rings. The zero-order chi connectivity index (χ0) is 41.0. The van der Waals surface area contributed by atoms with Crippen molar-refractivity contribution in [3.05, 3.63) is 219 Å². The number of fused-ring (bicyclic) bond motifs is 6. The highest BCUT2D eigenvalue weighted by Crippen LogP contribution is 2.42. The number of pyridine rings is 2. The minimum Gasteiger partial charge on any atom is -0.255 e. The average Bonchev–Trinajstić information content (AvgIpc) is 3.93. The van der Waals surface area contributed by atoms with E-state index in [1.807, 2.05) is 35.1 Å². The van der Waals surface area contributed by atoms with Crippen LogP contribution in [0.5, 0.6) is 0 Å². The molecule has 62 heavy (non-hydrogen) atoms. The highest BCUT2D eigenvalue weighted by atomic mass is 32.1. The molecule has 0 unspecified atom stereocenters. The van der Waals surface area contributed by atoms with E-state index in [1.165, 1.54) is 84.9 Å². The van der Waals surface area contributed by atoms with Crippen LogP contribution in [0.15, 0.2) is 219 Å². The number of hydrogen-bond acceptors (Lipinski definition) is 4. The molecule has 0 saturated carbocycles. The van der Waals surface area contributed by atoms with Crippen molar-refractivity contribution < 1.29 is 0 Å². The van der Waals surface area contributed by atoms with Gasteiger partial charge in [0.05, 0.1) is 11.4 Å². The van der Waals surface area contributed by atoms with E-state index < -0.39 is 0 Å². The fourth-order valence-electron chi connectivity index (χ4n) is 8.89. The predicted molar refractivity (Wildman–Crippen MR) is 266 cm³/mol. The third-order valence-electron chi connectivity index (χ3n) is 12.0. The molecule has 0 N–H and O–H groups in total. The Balaban J connectivity index is 0.797. The molecule has 0 radical (unpaired) electrons. The minimum absolute atomic E-state index is 0.843. The van der Waals surface area contributed by atoms with Crippen LogP contribution in [0, 0.1) is 0 Å². The Morgan fingerprint density at radius 2 is 0.613 bits per heavy atom. The molecule has 8 aromatic carbocycles. The highest BCUT2D eigenvalue weighted by Gasteiger charge is 2.14. The molecular formula is C58H36N2S2. The van der Waals surface area contributed by atoms with Gasteiger partial charge in [-0.3, -0.25) is 9.97 Å². The molecule has 4 aromatic heterocycles. The van der Waals surface area contributed by atoms with E-state index in [9.17, 15) is 0 Å². The summed E-state index contributed by atoms with van der Waals surface area (Å²) >= 11 is 3.75. The summed E-state index contributed by atoms with van der Waals surface area (Å²) < 4.78 is 5.33. The van der Waals surface area contributed by atoms with Crippen LogP contribution in [0.25, 0.3) is 118 Å². The molecule has 12 rings (SSSR count). The van der Waals surface area contributed by atoms with Crippen LogP contribution in [0.1, 0.15) is 0 Å². The normalized spacial score (nSPS) is 11.5. The number of benzene rings is 8. The molecule has 12 aromatic rings. The lowest BCUT2D eigenvalue weighted by atomic mass is 9.96. The van der Waals surface area contributed by atoms with E-state index in [1.54, 1.807) is 0 Å². The van der Waals surface area contributed by atoms with Gasteiger partial charge >= 0.3 is 0 Å². The first-order chi connectivity index (χ1) is 30.7. The molecule has 2 nitrogen and oxygen atoms in total. The molecular weight excluding hydrogens is 789 g/mol. The van der Waals surface area contributed by atoms with E-state index in [2.05, 4.69) is 206 Å². The molecule has 0 bridgehead atoms. The van der Waals surface area contributed by atoms with Gasteiger partial charge in [0.1, 0.15) is 0 Å². The molecule has 4 heteroatoms. The quantitative estimate of drug-likeness (QED) is 0.160. The molecule has 0 atom stereocenters. The van der Waals surface area contributed by atoms with E-state index >= 15 is 0 Å². The first kappa shape index (κ1) is 36.4. The standard InChI is InChI=1S/C58H36N2S2/c1-3-19-55-49(13-1)51-17-7-15-47(57(51)61-55)39-25-21-37(22-26-39)41-9-5-11-43(33-41)45-29-31-59-53(35-45)54-36-46(30-32-60-54)44-12-6-10-42(34-44)38-23-27-40(28-24-38)48-16-8-18-52-50-14-2-4-20-56(50)62-58(48)52/h1-36H. The zero-order valence-corrected chi connectivity index (χ0v) is 35.1. The molecule has 0 saturated heterocycles. The third-order valence-corrected chi connectivity index (χ3v) is 14.5. The second-order valence-corrected chi connectivity index (χ2v) is 17.8. The van der Waals surface area contributed by atoms with Crippen LogP contribution in [0.4, 0.5) is 0 Å². The first-order valence-corrected chi connectivity index (χ1v) is 22.5. The molecule has 0 aliphatic rings. The fraction of sp³-hybridized carbons (Fsp3) is 0. The molecule has 4 heterocycles. The van der Waals surface area contributed by atoms with E-state index in [0.29, 0.717) is 0 Å². The van der Waals surface area contributed by atoms with Gasteiger partial charge in [-0.2, -0.15) is 0 Å². The van der Waals surface area contributed by atoms with Gasteiger partial charge in [0, 0.05) is 52.7 Å². The van der Waals surface area contributed by atoms with E-state index in [0.717, 1.165) is 33.6 Å². The molecule has 290 valence electrons. The number of thiophene rings is 2. The smallest absolute Gasteiger partial charge is 0.0892 e. The lowest BCUT2D eigenvalue weighted by Gasteiger charge is -2.10. The fourth-order valence-corrected chi connectivity index (χ4v) is 11.4. The number of rotatable bonds is 7. The molecule has 0 amide bonds. The molecule has 0 aliphatic heterocycles. The van der Waals surface area contributed by atoms with Crippen LogP contribution in [0.2, 0.25) is 0 Å². The summed E-state index contributed by atoms with van der Waals surface area (Å²) in [6, 6.07) is 74.7. The minimum atomic E-state index is 0.843. The van der Waals surface area contributed by atoms with Crippen LogP contribution < -0.4 is 0 Å². The summed E-state index contributed by atoms with van der Waals surface area (Å²) in [6.07, 6.45) is 3.78. The Bertz CT molecular complexity index is 3390. The van der Waals surface area contributed by atoms with Crippen LogP contribution >= 0.6 is 22.7 Å². The Labute approximate surface area is 367 Å². The largest absolute Gasteiger partial charge is 0.255 e. The van der Waals surface area contributed by atoms with Crippen molar-refractivity contribution in [1.82, 2.24) is 9.97 Å². The van der Waals surface area contributed by atoms with Gasteiger partial charge in [0.25, 0.3) is 0 Å². The van der Waals surface area contributed by atoms with Gasteiger partial charge in [0.2, 0.25) is 0 Å². The SMILES string of the molecule is c1cc(-c2ccc(-c3cccc4c3sc3ccccc34)cc2)cc(-c2ccnc(-c3cc(-c4cccc(-c5ccc(-c6cccc7c6sc6ccccc67)cc5)c4)ccn3)c2)c1. The Morgan fingerprint density at radius 1 is 0.258 bits per heavy atom. The zero-order valence-electron chi connectivity index (χ0n) is 33.5. The molecule has 0 spiro atoms. The first-order valence-electron chi connectivity index (χ1n) is 20.9. The highest BCUT2D eigenvalue weighted by molar-refractivity contribution is 7.26. The third kappa shape index (κ3) is 6.49. The van der Waals surface area contributed by atoms with Crippen molar-refractivity contribution in [2.75, 3.05) is 0 Å². The van der Waals surface area contributed by atoms with Gasteiger partial charge in [0.15, 0.2) is 0 Å². The predicted octanol–water partition coefficient (Wildman–Crippen LogP) is 16.9. The Morgan fingerprint density at radius 3 is 1.06 bits per heavy atom. The van der Waals surface area contributed by atoms with Crippen molar-refractivity contribution in [2.24, 2.45) is 0 Å². The Hall–Kier alpha value is -7.50. The van der Waals surface area contributed by atoms with E-state index in [4.69, 9.17) is 9.97 Å². The summed E-state index contributed by atoms with van der Waals surface area (Å²) in [4.78, 5) is 9.59. The van der Waals surface area contributed by atoms with Gasteiger partial charge in [-0.1, -0.05) is 158 Å². The van der Waals surface area contributed by atoms with Crippen LogP contribution in [0.3, 0.4) is 0 Å². The summed E-state index contributed by atoms with van der Waals surface area (Å²) in [5, 5.41) is 5.29. The number of aromatic nitrogens is 2. The van der Waals surface area contributed by atoms with Gasteiger partial charge < -0.3 is 0 Å². The topological polar surface area (TPSA) is 25.8 Å². The second kappa shape index (κ2) is 15.2. The maximum Gasteiger partial charge on any atom is 0.0892 e. The van der Waals surface area contributed by atoms with E-state index in [-0.39, 0.29) is 0 Å². The maximum absolute atomic E-state index is 4.79. The molecule has 0 aliphatic carbocycles. The second-order valence-electron chi connectivity index (χ2n) is 15.7. The van der Waals surface area contributed by atoms with Gasteiger partial charge in [-0.25, -0.2) is 0 Å². The number of hydrogen-bond donors (Lipinski definition) is 0. The number of nitrogens with zero attached hydrogens (tertiary/aromatic N) is 2. The van der Waals surface area contributed by atoms with Crippen molar-refractivity contribution >= 4 is 63.0 Å². The summed E-state index contributed by atoms with van der Waals surface area (Å²) in [5.41, 5.74) is 15.9. The summed E-state index contributed by atoms with van der Waals surface area (Å²) in [7, 11) is 0. The van der Waals surface area contributed by atoms with Crippen molar-refractivity contribution in [3.8, 4) is 78.1 Å². The van der Waals surface area contributed by atoms with Crippen LogP contribution in [-0.2, 0) is 0 Å². The summed E-state index contributed by atoms with van der Waals surface area (Å²) in [6.45, 7) is 0. The van der Waals surface area contributed by atoms with Crippen molar-refractivity contribution in [3.63, 3.8) is 0 Å². The lowest BCUT2D eigenvalue weighted by molar-refractivity contribution is 1.25. The van der Waals surface area contributed by atoms with Gasteiger partial charge in [-0.15, -0.1) is 22.7 Å². The van der Waals surface area contributed by atoms with Gasteiger partial charge in [-0.05, 0) is 115 Å². The van der Waals surface area contributed by atoms with Crippen molar-refractivity contribution in [1.29, 1.82) is 0 Å². The Kier molecular flexibility index (Phi) is 8.91.